The number of hydrogen-bond acceptors (Lipinski definition) is 3. The smallest absolute Gasteiger partial charge is 0.337 e. The number of amides is 1. The zero-order valence-electron chi connectivity index (χ0n) is 9.59. The lowest BCUT2D eigenvalue weighted by Gasteiger charge is -2.34. The number of aromatic nitrogens is 1. The molecule has 5 nitrogen and oxygen atoms in total. The van der Waals surface area contributed by atoms with Crippen molar-refractivity contribution in [2.45, 2.75) is 25.3 Å². The van der Waals surface area contributed by atoms with Crippen LogP contribution in [0.2, 0.25) is 0 Å². The Balaban J connectivity index is 2.18. The maximum absolute atomic E-state index is 12.0. The molecule has 0 bridgehead atoms. The minimum atomic E-state index is -1.07. The van der Waals surface area contributed by atoms with E-state index in [0.29, 0.717) is 5.56 Å². The fourth-order valence-corrected chi connectivity index (χ4v) is 1.82. The normalized spacial score (nSPS) is 15.1. The first-order valence-electron chi connectivity index (χ1n) is 5.55. The Morgan fingerprint density at radius 1 is 1.35 bits per heavy atom. The molecular formula is C12H14N2O3. The molecule has 1 saturated carbocycles. The van der Waals surface area contributed by atoms with Gasteiger partial charge in [-0.05, 0) is 25.3 Å². The lowest BCUT2D eigenvalue weighted by molar-refractivity contribution is 0.0651. The molecule has 0 spiro atoms. The van der Waals surface area contributed by atoms with Crippen LogP contribution in [0.1, 0.15) is 40.0 Å². The molecule has 5 heteroatoms. The van der Waals surface area contributed by atoms with Crippen LogP contribution in [0.15, 0.2) is 18.5 Å². The van der Waals surface area contributed by atoms with Gasteiger partial charge in [0.1, 0.15) is 0 Å². The van der Waals surface area contributed by atoms with E-state index in [1.807, 2.05) is 0 Å². The van der Waals surface area contributed by atoms with Crippen LogP contribution in [0.25, 0.3) is 0 Å². The third-order valence-corrected chi connectivity index (χ3v) is 3.17. The molecule has 0 saturated heterocycles. The molecule has 1 amide bonds. The van der Waals surface area contributed by atoms with E-state index in [2.05, 4.69) is 4.98 Å². The van der Waals surface area contributed by atoms with E-state index in [0.717, 1.165) is 19.3 Å². The van der Waals surface area contributed by atoms with Gasteiger partial charge in [-0.25, -0.2) is 4.79 Å². The van der Waals surface area contributed by atoms with E-state index >= 15 is 0 Å². The predicted octanol–water partition coefficient (Wildman–Crippen LogP) is 1.40. The number of carbonyl (C=O) groups is 2. The number of carboxylic acid groups (broad SMARTS) is 1. The molecule has 1 N–H and O–H groups in total. The number of hydrogen-bond donors (Lipinski definition) is 1. The number of carboxylic acids is 1. The second-order valence-electron chi connectivity index (χ2n) is 4.27. The topological polar surface area (TPSA) is 70.5 Å². The zero-order chi connectivity index (χ0) is 12.4. The first-order chi connectivity index (χ1) is 8.09. The third kappa shape index (κ3) is 2.27. The molecule has 90 valence electrons. The molecule has 2 rings (SSSR count). The summed E-state index contributed by atoms with van der Waals surface area (Å²) in [5.41, 5.74) is 0.372. The Hall–Kier alpha value is -1.91. The van der Waals surface area contributed by atoms with Gasteiger partial charge in [0.05, 0.1) is 11.1 Å². The van der Waals surface area contributed by atoms with Crippen molar-refractivity contribution < 1.29 is 14.7 Å². The predicted molar refractivity (Wildman–Crippen MR) is 60.9 cm³/mol. The van der Waals surface area contributed by atoms with Gasteiger partial charge in [-0.2, -0.15) is 0 Å². The molecule has 1 fully saturated rings. The summed E-state index contributed by atoms with van der Waals surface area (Å²) < 4.78 is 0. The Bertz CT molecular complexity index is 455. The standard InChI is InChI=1S/C12H14N2O3/c1-14(10-3-2-4-10)11(15)8-5-9(12(16)17)7-13-6-8/h5-7,10H,2-4H2,1H3,(H,16,17). The molecule has 1 aliphatic carbocycles. The van der Waals surface area contributed by atoms with E-state index in [1.54, 1.807) is 11.9 Å². The molecule has 1 aromatic rings. The first-order valence-corrected chi connectivity index (χ1v) is 5.55. The summed E-state index contributed by atoms with van der Waals surface area (Å²) in [5.74, 6) is -1.23. The highest BCUT2D eigenvalue weighted by Gasteiger charge is 2.26. The lowest BCUT2D eigenvalue weighted by atomic mass is 9.91. The van der Waals surface area contributed by atoms with Crippen LogP contribution in [0.3, 0.4) is 0 Å². The van der Waals surface area contributed by atoms with Crippen LogP contribution >= 0.6 is 0 Å². The quantitative estimate of drug-likeness (QED) is 0.858. The number of nitrogens with zero attached hydrogens (tertiary/aromatic N) is 2. The summed E-state index contributed by atoms with van der Waals surface area (Å²) in [7, 11) is 1.75. The summed E-state index contributed by atoms with van der Waals surface area (Å²) in [5, 5.41) is 8.83. The molecule has 0 aromatic carbocycles. The summed E-state index contributed by atoms with van der Waals surface area (Å²) >= 11 is 0. The molecule has 1 aliphatic rings. The van der Waals surface area contributed by atoms with Gasteiger partial charge in [-0.15, -0.1) is 0 Å². The molecule has 1 aromatic heterocycles. The van der Waals surface area contributed by atoms with Crippen molar-refractivity contribution in [2.24, 2.45) is 0 Å². The van der Waals surface area contributed by atoms with Crippen LogP contribution in [-0.2, 0) is 0 Å². The highest BCUT2D eigenvalue weighted by atomic mass is 16.4. The Morgan fingerprint density at radius 3 is 2.53 bits per heavy atom. The van der Waals surface area contributed by atoms with E-state index in [4.69, 9.17) is 5.11 Å². The summed E-state index contributed by atoms with van der Waals surface area (Å²) in [4.78, 5) is 28.3. The van der Waals surface area contributed by atoms with Crippen molar-refractivity contribution >= 4 is 11.9 Å². The molecule has 17 heavy (non-hydrogen) atoms. The fourth-order valence-electron chi connectivity index (χ4n) is 1.82. The van der Waals surface area contributed by atoms with Crippen LogP contribution in [-0.4, -0.2) is 40.0 Å². The monoisotopic (exact) mass is 234 g/mol. The van der Waals surface area contributed by atoms with Crippen molar-refractivity contribution in [1.29, 1.82) is 0 Å². The van der Waals surface area contributed by atoms with Gasteiger partial charge >= 0.3 is 5.97 Å². The van der Waals surface area contributed by atoms with Crippen molar-refractivity contribution in [3.05, 3.63) is 29.6 Å². The Labute approximate surface area is 99.1 Å². The Morgan fingerprint density at radius 2 is 2.00 bits per heavy atom. The van der Waals surface area contributed by atoms with E-state index in [9.17, 15) is 9.59 Å². The number of pyridine rings is 1. The zero-order valence-corrected chi connectivity index (χ0v) is 9.59. The van der Waals surface area contributed by atoms with Crippen LogP contribution in [0.5, 0.6) is 0 Å². The second-order valence-corrected chi connectivity index (χ2v) is 4.27. The van der Waals surface area contributed by atoms with Crippen LogP contribution in [0.4, 0.5) is 0 Å². The maximum Gasteiger partial charge on any atom is 0.337 e. The first kappa shape index (κ1) is 11.6. The average Bonchev–Trinajstić information content (AvgIpc) is 2.25. The van der Waals surface area contributed by atoms with E-state index < -0.39 is 5.97 Å². The number of aromatic carboxylic acids is 1. The summed E-state index contributed by atoms with van der Waals surface area (Å²) in [6, 6.07) is 1.66. The molecule has 0 aliphatic heterocycles. The highest BCUT2D eigenvalue weighted by molar-refractivity contribution is 5.97. The highest BCUT2D eigenvalue weighted by Crippen LogP contribution is 2.24. The number of rotatable bonds is 3. The summed E-state index contributed by atoms with van der Waals surface area (Å²) in [6.45, 7) is 0. The van der Waals surface area contributed by atoms with Gasteiger partial charge in [0, 0.05) is 25.5 Å². The minimum Gasteiger partial charge on any atom is -0.478 e. The van der Waals surface area contributed by atoms with Gasteiger partial charge < -0.3 is 10.0 Å². The molecule has 0 unspecified atom stereocenters. The molecule has 0 atom stereocenters. The van der Waals surface area contributed by atoms with Gasteiger partial charge in [-0.3, -0.25) is 9.78 Å². The lowest BCUT2D eigenvalue weighted by Crippen LogP contribution is -2.41. The van der Waals surface area contributed by atoms with Gasteiger partial charge in [-0.1, -0.05) is 0 Å². The maximum atomic E-state index is 12.0. The largest absolute Gasteiger partial charge is 0.478 e. The Kier molecular flexibility index (Phi) is 3.08. The number of carbonyl (C=O) groups excluding carboxylic acids is 1. The van der Waals surface area contributed by atoms with Gasteiger partial charge in [0.2, 0.25) is 0 Å². The van der Waals surface area contributed by atoms with Crippen molar-refractivity contribution in [3.8, 4) is 0 Å². The van der Waals surface area contributed by atoms with Crippen LogP contribution < -0.4 is 0 Å². The van der Waals surface area contributed by atoms with Gasteiger partial charge in [0.25, 0.3) is 5.91 Å². The van der Waals surface area contributed by atoms with E-state index in [-0.39, 0.29) is 17.5 Å². The van der Waals surface area contributed by atoms with Crippen molar-refractivity contribution in [2.75, 3.05) is 7.05 Å². The molecule has 0 radical (unpaired) electrons. The molecular weight excluding hydrogens is 220 g/mol. The molecule has 1 heterocycles. The average molecular weight is 234 g/mol. The minimum absolute atomic E-state index is 0.0397. The third-order valence-electron chi connectivity index (χ3n) is 3.17. The van der Waals surface area contributed by atoms with Crippen molar-refractivity contribution in [3.63, 3.8) is 0 Å². The van der Waals surface area contributed by atoms with Crippen LogP contribution in [0, 0.1) is 0 Å². The summed E-state index contributed by atoms with van der Waals surface area (Å²) in [6.07, 6.45) is 5.84. The fraction of sp³-hybridized carbons (Fsp3) is 0.417. The SMILES string of the molecule is CN(C(=O)c1cncc(C(=O)O)c1)C1CCC1. The second kappa shape index (κ2) is 4.53. The van der Waals surface area contributed by atoms with Crippen molar-refractivity contribution in [1.82, 2.24) is 9.88 Å². The van der Waals surface area contributed by atoms with Gasteiger partial charge in [0.15, 0.2) is 0 Å². The van der Waals surface area contributed by atoms with E-state index in [1.165, 1.54) is 18.5 Å².